The zero-order valence-corrected chi connectivity index (χ0v) is 15.3. The van der Waals surface area contributed by atoms with Crippen LogP contribution in [0.3, 0.4) is 0 Å². The molecule has 2 N–H and O–H groups in total. The minimum atomic E-state index is 0.248. The molecule has 4 heterocycles. The molecule has 0 radical (unpaired) electrons. The Labute approximate surface area is 152 Å². The summed E-state index contributed by atoms with van der Waals surface area (Å²) < 4.78 is 1.73. The average Bonchev–Trinajstić information content (AvgIpc) is 3.17. The van der Waals surface area contributed by atoms with Crippen molar-refractivity contribution in [1.82, 2.24) is 24.7 Å². The van der Waals surface area contributed by atoms with E-state index < -0.39 is 0 Å². The second-order valence-corrected chi connectivity index (χ2v) is 6.70. The molecule has 0 spiro atoms. The van der Waals surface area contributed by atoms with Gasteiger partial charge in [0.1, 0.15) is 11.6 Å². The fourth-order valence-electron chi connectivity index (χ4n) is 3.30. The highest BCUT2D eigenvalue weighted by molar-refractivity contribution is 5.78. The Morgan fingerprint density at radius 3 is 2.77 bits per heavy atom. The van der Waals surface area contributed by atoms with Crippen LogP contribution in [0, 0.1) is 0 Å². The normalized spacial score (nSPS) is 15.9. The zero-order chi connectivity index (χ0) is 18.3. The molecule has 0 aliphatic carbocycles. The molecule has 1 aliphatic rings. The second-order valence-electron chi connectivity index (χ2n) is 6.70. The maximum Gasteiger partial charge on any atom is 0.164 e. The van der Waals surface area contributed by atoms with Crippen LogP contribution in [0.4, 0.5) is 23.0 Å². The van der Waals surface area contributed by atoms with Gasteiger partial charge in [0.2, 0.25) is 0 Å². The van der Waals surface area contributed by atoms with E-state index in [0.717, 1.165) is 22.8 Å². The molecule has 0 bridgehead atoms. The van der Waals surface area contributed by atoms with Crippen molar-refractivity contribution in [2.75, 3.05) is 15.5 Å². The van der Waals surface area contributed by atoms with Gasteiger partial charge in [-0.05, 0) is 26.8 Å². The first-order valence-corrected chi connectivity index (χ1v) is 8.65. The highest BCUT2D eigenvalue weighted by Crippen LogP contribution is 2.37. The monoisotopic (exact) mass is 350 g/mol. The van der Waals surface area contributed by atoms with Gasteiger partial charge in [-0.15, -0.1) is 0 Å². The number of rotatable bonds is 4. The van der Waals surface area contributed by atoms with E-state index >= 15 is 0 Å². The molecular weight excluding hydrogens is 328 g/mol. The smallest absolute Gasteiger partial charge is 0.164 e. The first-order chi connectivity index (χ1) is 12.5. The summed E-state index contributed by atoms with van der Waals surface area (Å²) in [6.07, 6.45) is 7.48. The van der Waals surface area contributed by atoms with E-state index in [1.165, 1.54) is 0 Å². The summed E-state index contributed by atoms with van der Waals surface area (Å²) in [6.45, 7) is 6.52. The van der Waals surface area contributed by atoms with Crippen molar-refractivity contribution in [1.29, 1.82) is 0 Å². The average molecular weight is 350 g/mol. The Balaban J connectivity index is 1.61. The first kappa shape index (κ1) is 16.3. The van der Waals surface area contributed by atoms with Gasteiger partial charge in [0, 0.05) is 31.5 Å². The molecule has 1 aliphatic heterocycles. The maximum absolute atomic E-state index is 4.57. The number of aromatic nitrogens is 5. The van der Waals surface area contributed by atoms with Crippen molar-refractivity contribution in [3.63, 3.8) is 0 Å². The van der Waals surface area contributed by atoms with E-state index in [4.69, 9.17) is 0 Å². The summed E-state index contributed by atoms with van der Waals surface area (Å²) in [5.74, 6) is 2.07. The number of hydrogen-bond acceptors (Lipinski definition) is 7. The van der Waals surface area contributed by atoms with Crippen LogP contribution < -0.4 is 15.5 Å². The quantitative estimate of drug-likeness (QED) is 0.748. The summed E-state index contributed by atoms with van der Waals surface area (Å²) in [7, 11) is 1.87. The van der Waals surface area contributed by atoms with Gasteiger partial charge >= 0.3 is 0 Å². The van der Waals surface area contributed by atoms with E-state index in [1.54, 1.807) is 17.1 Å². The van der Waals surface area contributed by atoms with Crippen LogP contribution in [0.2, 0.25) is 0 Å². The van der Waals surface area contributed by atoms with Crippen molar-refractivity contribution in [3.8, 4) is 11.4 Å². The van der Waals surface area contributed by atoms with Gasteiger partial charge in [-0.3, -0.25) is 4.68 Å². The maximum atomic E-state index is 4.57. The van der Waals surface area contributed by atoms with Crippen LogP contribution in [0.15, 0.2) is 36.9 Å². The molecule has 0 saturated heterocycles. The largest absolute Gasteiger partial charge is 0.362 e. The zero-order valence-electron chi connectivity index (χ0n) is 15.3. The first-order valence-electron chi connectivity index (χ1n) is 8.65. The Morgan fingerprint density at radius 2 is 2.04 bits per heavy atom. The molecule has 0 amide bonds. The Hall–Kier alpha value is -3.16. The van der Waals surface area contributed by atoms with Gasteiger partial charge in [-0.2, -0.15) is 5.10 Å². The van der Waals surface area contributed by atoms with Crippen molar-refractivity contribution >= 4 is 23.0 Å². The molecule has 1 unspecified atom stereocenters. The molecule has 134 valence electrons. The van der Waals surface area contributed by atoms with E-state index in [-0.39, 0.29) is 6.17 Å². The molecule has 8 nitrogen and oxygen atoms in total. The number of nitrogens with one attached hydrogen (secondary N) is 2. The molecule has 3 aromatic rings. The van der Waals surface area contributed by atoms with Gasteiger partial charge in [-0.25, -0.2) is 15.0 Å². The lowest BCUT2D eigenvalue weighted by molar-refractivity contribution is 0.638. The summed E-state index contributed by atoms with van der Waals surface area (Å²) in [6, 6.07) is 4.28. The molecule has 0 saturated carbocycles. The summed E-state index contributed by atoms with van der Waals surface area (Å²) in [4.78, 5) is 15.7. The van der Waals surface area contributed by atoms with Crippen molar-refractivity contribution in [2.24, 2.45) is 7.05 Å². The third kappa shape index (κ3) is 2.94. The van der Waals surface area contributed by atoms with Crippen LogP contribution >= 0.6 is 0 Å². The Bertz CT molecular complexity index is 932. The SMILES string of the molecule is CC(C)N1c2cc(Nc3ccnc(-c4cnn(C)c4)n3)ncc2NC1C. The van der Waals surface area contributed by atoms with Crippen LogP contribution in [-0.4, -0.2) is 36.9 Å². The van der Waals surface area contributed by atoms with Gasteiger partial charge < -0.3 is 15.5 Å². The van der Waals surface area contributed by atoms with Crippen LogP contribution in [0.5, 0.6) is 0 Å². The number of anilines is 4. The third-order valence-electron chi connectivity index (χ3n) is 4.37. The van der Waals surface area contributed by atoms with Crippen LogP contribution in [0.1, 0.15) is 20.8 Å². The number of fused-ring (bicyclic) bond motifs is 1. The predicted octanol–water partition coefficient (Wildman–Crippen LogP) is 3.00. The molecule has 1 atom stereocenters. The van der Waals surface area contributed by atoms with E-state index in [9.17, 15) is 0 Å². The predicted molar refractivity (Wildman–Crippen MR) is 102 cm³/mol. The highest BCUT2D eigenvalue weighted by atomic mass is 15.3. The topological polar surface area (TPSA) is 83.8 Å². The molecule has 0 aromatic carbocycles. The lowest BCUT2D eigenvalue weighted by atomic mass is 10.2. The fourth-order valence-corrected chi connectivity index (χ4v) is 3.30. The summed E-state index contributed by atoms with van der Waals surface area (Å²) in [5.41, 5.74) is 3.07. The number of pyridine rings is 1. The second kappa shape index (κ2) is 6.29. The minimum absolute atomic E-state index is 0.248. The lowest BCUT2D eigenvalue weighted by Gasteiger charge is -2.28. The molecule has 26 heavy (non-hydrogen) atoms. The number of nitrogens with zero attached hydrogens (tertiary/aromatic N) is 6. The highest BCUT2D eigenvalue weighted by Gasteiger charge is 2.27. The molecule has 4 rings (SSSR count). The number of aryl methyl sites for hydroxylation is 1. The molecule has 8 heteroatoms. The minimum Gasteiger partial charge on any atom is -0.362 e. The fraction of sp³-hybridized carbons (Fsp3) is 0.333. The summed E-state index contributed by atoms with van der Waals surface area (Å²) >= 11 is 0. The van der Waals surface area contributed by atoms with Crippen LogP contribution in [0.25, 0.3) is 11.4 Å². The standard InChI is InChI=1S/C18H22N8/c1-11(2)26-12(3)22-14-9-20-17(7-15(14)26)23-16-5-6-19-18(24-16)13-8-21-25(4)10-13/h5-12,22H,1-4H3,(H,19,20,23,24). The summed E-state index contributed by atoms with van der Waals surface area (Å²) in [5, 5.41) is 10.9. The van der Waals surface area contributed by atoms with E-state index in [0.29, 0.717) is 17.7 Å². The molecular formula is C18H22N8. The van der Waals surface area contributed by atoms with Gasteiger partial charge in [0.25, 0.3) is 0 Å². The Kier molecular flexibility index (Phi) is 3.95. The van der Waals surface area contributed by atoms with Crippen LogP contribution in [-0.2, 0) is 7.05 Å². The lowest BCUT2D eigenvalue weighted by Crippen LogP contribution is -2.38. The van der Waals surface area contributed by atoms with Gasteiger partial charge in [-0.1, -0.05) is 0 Å². The van der Waals surface area contributed by atoms with Gasteiger partial charge in [0.05, 0.1) is 35.5 Å². The molecule has 0 fully saturated rings. The van der Waals surface area contributed by atoms with E-state index in [1.807, 2.05) is 25.5 Å². The van der Waals surface area contributed by atoms with Crippen molar-refractivity contribution in [3.05, 3.63) is 36.9 Å². The Morgan fingerprint density at radius 1 is 1.19 bits per heavy atom. The van der Waals surface area contributed by atoms with Gasteiger partial charge in [0.15, 0.2) is 5.82 Å². The van der Waals surface area contributed by atoms with E-state index in [2.05, 4.69) is 62.4 Å². The third-order valence-corrected chi connectivity index (χ3v) is 4.37. The van der Waals surface area contributed by atoms with Crippen molar-refractivity contribution in [2.45, 2.75) is 33.0 Å². The van der Waals surface area contributed by atoms with Crippen molar-refractivity contribution < 1.29 is 0 Å². The number of hydrogen-bond donors (Lipinski definition) is 2. The molecule has 3 aromatic heterocycles.